The quantitative estimate of drug-likeness (QED) is 0.784. The van der Waals surface area contributed by atoms with Crippen molar-refractivity contribution in [2.24, 2.45) is 0 Å². The lowest BCUT2D eigenvalue weighted by Crippen LogP contribution is -1.92. The van der Waals surface area contributed by atoms with Crippen LogP contribution >= 0.6 is 0 Å². The number of nitrogens with two attached hydrogens (primary N) is 1. The second kappa shape index (κ2) is 5.21. The molecule has 94 valence electrons. The van der Waals surface area contributed by atoms with Crippen molar-refractivity contribution in [3.63, 3.8) is 0 Å². The van der Waals surface area contributed by atoms with Crippen molar-refractivity contribution in [1.29, 1.82) is 0 Å². The van der Waals surface area contributed by atoms with Crippen molar-refractivity contribution in [1.82, 2.24) is 0 Å². The van der Waals surface area contributed by atoms with Gasteiger partial charge < -0.3 is 5.73 Å². The van der Waals surface area contributed by atoms with Gasteiger partial charge in [0.15, 0.2) is 0 Å². The molecular formula is C16H18FN. The Labute approximate surface area is 107 Å². The molecular weight excluding hydrogens is 225 g/mol. The van der Waals surface area contributed by atoms with Gasteiger partial charge >= 0.3 is 0 Å². The van der Waals surface area contributed by atoms with E-state index in [4.69, 9.17) is 5.73 Å². The fourth-order valence-electron chi connectivity index (χ4n) is 1.99. The molecule has 2 rings (SSSR count). The summed E-state index contributed by atoms with van der Waals surface area (Å²) < 4.78 is 13.7. The van der Waals surface area contributed by atoms with Gasteiger partial charge in [0.1, 0.15) is 5.82 Å². The van der Waals surface area contributed by atoms with Gasteiger partial charge in [-0.2, -0.15) is 0 Å². The van der Waals surface area contributed by atoms with E-state index in [2.05, 4.69) is 26.0 Å². The first kappa shape index (κ1) is 12.6. The number of benzene rings is 2. The van der Waals surface area contributed by atoms with Crippen LogP contribution in [0.25, 0.3) is 11.1 Å². The Morgan fingerprint density at radius 1 is 1.11 bits per heavy atom. The van der Waals surface area contributed by atoms with E-state index in [0.29, 0.717) is 17.2 Å². The van der Waals surface area contributed by atoms with Crippen LogP contribution in [0.3, 0.4) is 0 Å². The first-order chi connectivity index (χ1) is 8.61. The molecule has 1 atom stereocenters. The van der Waals surface area contributed by atoms with E-state index in [1.54, 1.807) is 12.1 Å². The van der Waals surface area contributed by atoms with Gasteiger partial charge in [-0.25, -0.2) is 4.39 Å². The molecule has 0 fully saturated rings. The molecule has 0 radical (unpaired) electrons. The molecule has 0 saturated heterocycles. The third kappa shape index (κ3) is 2.53. The SMILES string of the molecule is CCC(C)c1ccc(-c2cc(N)ccc2F)cc1. The van der Waals surface area contributed by atoms with Gasteiger partial charge in [0.2, 0.25) is 0 Å². The van der Waals surface area contributed by atoms with Crippen LogP contribution in [-0.4, -0.2) is 0 Å². The third-order valence-corrected chi connectivity index (χ3v) is 3.39. The molecule has 2 aromatic rings. The van der Waals surface area contributed by atoms with Crippen molar-refractivity contribution in [3.05, 3.63) is 53.8 Å². The van der Waals surface area contributed by atoms with E-state index in [1.165, 1.54) is 11.6 Å². The summed E-state index contributed by atoms with van der Waals surface area (Å²) >= 11 is 0. The summed E-state index contributed by atoms with van der Waals surface area (Å²) in [4.78, 5) is 0. The highest BCUT2D eigenvalue weighted by Gasteiger charge is 2.07. The minimum Gasteiger partial charge on any atom is -0.399 e. The summed E-state index contributed by atoms with van der Waals surface area (Å²) in [6.45, 7) is 4.35. The summed E-state index contributed by atoms with van der Waals surface area (Å²) in [7, 11) is 0. The fourth-order valence-corrected chi connectivity index (χ4v) is 1.99. The molecule has 0 amide bonds. The third-order valence-electron chi connectivity index (χ3n) is 3.39. The standard InChI is InChI=1S/C16H18FN/c1-3-11(2)12-4-6-13(7-5-12)15-10-14(18)8-9-16(15)17/h4-11H,3,18H2,1-2H3. The Balaban J connectivity index is 2.37. The minimum absolute atomic E-state index is 0.236. The predicted molar refractivity (Wildman–Crippen MR) is 75.0 cm³/mol. The summed E-state index contributed by atoms with van der Waals surface area (Å²) in [6, 6.07) is 12.7. The van der Waals surface area contributed by atoms with Gasteiger partial charge in [0.05, 0.1) is 0 Å². The fraction of sp³-hybridized carbons (Fsp3) is 0.250. The molecule has 2 heteroatoms. The Morgan fingerprint density at radius 2 is 1.78 bits per heavy atom. The number of halogens is 1. The van der Waals surface area contributed by atoms with Crippen LogP contribution < -0.4 is 5.73 Å². The topological polar surface area (TPSA) is 26.0 Å². The monoisotopic (exact) mass is 243 g/mol. The van der Waals surface area contributed by atoms with Crippen LogP contribution in [0.15, 0.2) is 42.5 Å². The first-order valence-electron chi connectivity index (χ1n) is 6.27. The molecule has 1 nitrogen and oxygen atoms in total. The molecule has 0 aromatic heterocycles. The summed E-state index contributed by atoms with van der Waals surface area (Å²) in [5, 5.41) is 0. The number of hydrogen-bond donors (Lipinski definition) is 1. The van der Waals surface area contributed by atoms with Crippen LogP contribution in [0, 0.1) is 5.82 Å². The van der Waals surface area contributed by atoms with Crippen molar-refractivity contribution in [3.8, 4) is 11.1 Å². The highest BCUT2D eigenvalue weighted by molar-refractivity contribution is 5.68. The van der Waals surface area contributed by atoms with E-state index in [-0.39, 0.29) is 5.82 Å². The lowest BCUT2D eigenvalue weighted by Gasteiger charge is -2.10. The zero-order valence-corrected chi connectivity index (χ0v) is 10.8. The zero-order valence-electron chi connectivity index (χ0n) is 10.8. The lowest BCUT2D eigenvalue weighted by molar-refractivity contribution is 0.631. The Kier molecular flexibility index (Phi) is 3.66. The highest BCUT2D eigenvalue weighted by Crippen LogP contribution is 2.27. The molecule has 0 heterocycles. The number of hydrogen-bond acceptors (Lipinski definition) is 1. The first-order valence-corrected chi connectivity index (χ1v) is 6.27. The molecule has 0 aliphatic carbocycles. The molecule has 0 aliphatic rings. The summed E-state index contributed by atoms with van der Waals surface area (Å²) in [6.07, 6.45) is 1.10. The summed E-state index contributed by atoms with van der Waals surface area (Å²) in [5.41, 5.74) is 8.99. The molecule has 0 aliphatic heterocycles. The molecule has 0 spiro atoms. The predicted octanol–water partition coefficient (Wildman–Crippen LogP) is 4.59. The van der Waals surface area contributed by atoms with Crippen LogP contribution in [0.1, 0.15) is 31.7 Å². The maximum atomic E-state index is 13.7. The molecule has 2 aromatic carbocycles. The Hall–Kier alpha value is -1.83. The number of anilines is 1. The average molecular weight is 243 g/mol. The zero-order chi connectivity index (χ0) is 13.1. The average Bonchev–Trinajstić information content (AvgIpc) is 2.41. The van der Waals surface area contributed by atoms with Crippen molar-refractivity contribution < 1.29 is 4.39 Å². The maximum Gasteiger partial charge on any atom is 0.131 e. The van der Waals surface area contributed by atoms with Gasteiger partial charge in [-0.05, 0) is 41.7 Å². The molecule has 0 bridgehead atoms. The minimum atomic E-state index is -0.236. The lowest BCUT2D eigenvalue weighted by atomic mass is 9.95. The van der Waals surface area contributed by atoms with E-state index in [0.717, 1.165) is 12.0 Å². The normalized spacial score (nSPS) is 12.4. The van der Waals surface area contributed by atoms with Crippen molar-refractivity contribution >= 4 is 5.69 Å². The van der Waals surface area contributed by atoms with Crippen LogP contribution in [-0.2, 0) is 0 Å². The second-order valence-corrected chi connectivity index (χ2v) is 4.67. The second-order valence-electron chi connectivity index (χ2n) is 4.67. The molecule has 1 unspecified atom stereocenters. The maximum absolute atomic E-state index is 13.7. The Bertz CT molecular complexity index is 531. The number of rotatable bonds is 3. The van der Waals surface area contributed by atoms with Gasteiger partial charge in [-0.1, -0.05) is 38.1 Å². The van der Waals surface area contributed by atoms with Gasteiger partial charge in [0, 0.05) is 11.3 Å². The molecule has 0 saturated carbocycles. The van der Waals surface area contributed by atoms with E-state index >= 15 is 0 Å². The van der Waals surface area contributed by atoms with Crippen molar-refractivity contribution in [2.75, 3.05) is 5.73 Å². The van der Waals surface area contributed by atoms with E-state index < -0.39 is 0 Å². The highest BCUT2D eigenvalue weighted by atomic mass is 19.1. The van der Waals surface area contributed by atoms with Gasteiger partial charge in [-0.3, -0.25) is 0 Å². The molecule has 2 N–H and O–H groups in total. The smallest absolute Gasteiger partial charge is 0.131 e. The van der Waals surface area contributed by atoms with Gasteiger partial charge in [0.25, 0.3) is 0 Å². The van der Waals surface area contributed by atoms with E-state index in [9.17, 15) is 4.39 Å². The van der Waals surface area contributed by atoms with Gasteiger partial charge in [-0.15, -0.1) is 0 Å². The van der Waals surface area contributed by atoms with Crippen LogP contribution in [0.2, 0.25) is 0 Å². The Morgan fingerprint density at radius 3 is 2.39 bits per heavy atom. The van der Waals surface area contributed by atoms with E-state index in [1.807, 2.05) is 12.1 Å². The number of nitrogen functional groups attached to an aromatic ring is 1. The van der Waals surface area contributed by atoms with Crippen LogP contribution in [0.5, 0.6) is 0 Å². The summed E-state index contributed by atoms with van der Waals surface area (Å²) in [5.74, 6) is 0.297. The molecule has 18 heavy (non-hydrogen) atoms. The van der Waals surface area contributed by atoms with Crippen molar-refractivity contribution in [2.45, 2.75) is 26.2 Å². The van der Waals surface area contributed by atoms with Crippen LogP contribution in [0.4, 0.5) is 10.1 Å². The largest absolute Gasteiger partial charge is 0.399 e.